The van der Waals surface area contributed by atoms with E-state index in [0.29, 0.717) is 31.7 Å². The van der Waals surface area contributed by atoms with Gasteiger partial charge >= 0.3 is 0 Å². The SMILES string of the molecule is CC/C=C(\C)C(=O)N1CCCN(C(=O)Cc2cccc(F)c2)CC1. The zero-order valence-electron chi connectivity index (χ0n) is 14.4. The number of benzene rings is 1. The summed E-state index contributed by atoms with van der Waals surface area (Å²) in [4.78, 5) is 28.4. The van der Waals surface area contributed by atoms with Crippen molar-refractivity contribution in [3.8, 4) is 0 Å². The molecule has 0 saturated carbocycles. The molecule has 0 radical (unpaired) electrons. The zero-order valence-corrected chi connectivity index (χ0v) is 14.4. The summed E-state index contributed by atoms with van der Waals surface area (Å²) in [7, 11) is 0. The van der Waals surface area contributed by atoms with Crippen LogP contribution in [0, 0.1) is 5.82 Å². The number of rotatable bonds is 4. The molecule has 0 aromatic heterocycles. The van der Waals surface area contributed by atoms with Crippen molar-refractivity contribution in [1.29, 1.82) is 0 Å². The van der Waals surface area contributed by atoms with E-state index in [1.807, 2.05) is 24.8 Å². The van der Waals surface area contributed by atoms with Gasteiger partial charge in [-0.25, -0.2) is 4.39 Å². The van der Waals surface area contributed by atoms with Gasteiger partial charge in [-0.3, -0.25) is 9.59 Å². The molecule has 2 amide bonds. The van der Waals surface area contributed by atoms with E-state index in [9.17, 15) is 14.0 Å². The minimum absolute atomic E-state index is 0.0179. The first-order valence-electron chi connectivity index (χ1n) is 8.49. The minimum Gasteiger partial charge on any atom is -0.341 e. The monoisotopic (exact) mass is 332 g/mol. The molecule has 1 fully saturated rings. The predicted molar refractivity (Wildman–Crippen MR) is 91.9 cm³/mol. The third kappa shape index (κ3) is 4.91. The van der Waals surface area contributed by atoms with Gasteiger partial charge in [0.1, 0.15) is 5.82 Å². The van der Waals surface area contributed by atoms with Crippen molar-refractivity contribution in [3.63, 3.8) is 0 Å². The molecule has 0 atom stereocenters. The first-order chi connectivity index (χ1) is 11.5. The minimum atomic E-state index is -0.328. The lowest BCUT2D eigenvalue weighted by Crippen LogP contribution is -2.38. The molecule has 24 heavy (non-hydrogen) atoms. The highest BCUT2D eigenvalue weighted by atomic mass is 19.1. The molecule has 0 aliphatic carbocycles. The van der Waals surface area contributed by atoms with Gasteiger partial charge in [-0.2, -0.15) is 0 Å². The lowest BCUT2D eigenvalue weighted by Gasteiger charge is -2.22. The fraction of sp³-hybridized carbons (Fsp3) is 0.474. The van der Waals surface area contributed by atoms with Crippen LogP contribution < -0.4 is 0 Å². The highest BCUT2D eigenvalue weighted by Crippen LogP contribution is 2.11. The molecule has 130 valence electrons. The maximum Gasteiger partial charge on any atom is 0.249 e. The lowest BCUT2D eigenvalue weighted by molar-refractivity contribution is -0.131. The molecule has 1 aliphatic heterocycles. The van der Waals surface area contributed by atoms with E-state index in [2.05, 4.69) is 0 Å². The Labute approximate surface area is 142 Å². The van der Waals surface area contributed by atoms with Gasteiger partial charge in [-0.1, -0.05) is 25.1 Å². The Morgan fingerprint density at radius 1 is 1.17 bits per heavy atom. The van der Waals surface area contributed by atoms with Crippen LogP contribution in [-0.2, 0) is 16.0 Å². The van der Waals surface area contributed by atoms with Crippen LogP contribution in [-0.4, -0.2) is 47.8 Å². The largest absolute Gasteiger partial charge is 0.341 e. The summed E-state index contributed by atoms with van der Waals surface area (Å²) in [6, 6.07) is 6.14. The quantitative estimate of drug-likeness (QED) is 0.796. The van der Waals surface area contributed by atoms with Crippen LogP contribution in [0.1, 0.15) is 32.3 Å². The predicted octanol–water partition coefficient (Wildman–Crippen LogP) is 2.79. The standard InChI is InChI=1S/C19H25FN2O2/c1-3-6-15(2)19(24)22-10-5-9-21(11-12-22)18(23)14-16-7-4-8-17(20)13-16/h4,6-8,13H,3,5,9-12,14H2,1-2H3/b15-6+. The topological polar surface area (TPSA) is 40.6 Å². The summed E-state index contributed by atoms with van der Waals surface area (Å²) in [6.07, 6.45) is 3.73. The fourth-order valence-corrected chi connectivity index (χ4v) is 2.95. The van der Waals surface area contributed by atoms with E-state index in [0.717, 1.165) is 18.4 Å². The molecule has 0 bridgehead atoms. The van der Waals surface area contributed by atoms with Crippen LogP contribution in [0.5, 0.6) is 0 Å². The van der Waals surface area contributed by atoms with Crippen molar-refractivity contribution in [2.75, 3.05) is 26.2 Å². The molecular formula is C19H25FN2O2. The smallest absolute Gasteiger partial charge is 0.249 e. The van der Waals surface area contributed by atoms with Gasteiger partial charge in [0.15, 0.2) is 0 Å². The number of amides is 2. The van der Waals surface area contributed by atoms with E-state index in [4.69, 9.17) is 0 Å². The van der Waals surface area contributed by atoms with Crippen LogP contribution in [0.2, 0.25) is 0 Å². The number of hydrogen-bond acceptors (Lipinski definition) is 2. The van der Waals surface area contributed by atoms with Crippen LogP contribution in [0.3, 0.4) is 0 Å². The molecule has 1 aliphatic rings. The van der Waals surface area contributed by atoms with Gasteiger partial charge in [0.05, 0.1) is 6.42 Å². The molecule has 2 rings (SSSR count). The summed E-state index contributed by atoms with van der Waals surface area (Å²) < 4.78 is 13.2. The molecule has 0 spiro atoms. The van der Waals surface area contributed by atoms with E-state index in [1.165, 1.54) is 12.1 Å². The molecule has 0 unspecified atom stereocenters. The highest BCUT2D eigenvalue weighted by molar-refractivity contribution is 5.92. The molecule has 1 aromatic rings. The molecule has 1 saturated heterocycles. The van der Waals surface area contributed by atoms with Crippen LogP contribution in [0.4, 0.5) is 4.39 Å². The summed E-state index contributed by atoms with van der Waals surface area (Å²) in [5.74, 6) is -0.293. The van der Waals surface area contributed by atoms with Gasteiger partial charge in [0, 0.05) is 31.8 Å². The van der Waals surface area contributed by atoms with Crippen molar-refractivity contribution in [2.45, 2.75) is 33.1 Å². The lowest BCUT2D eigenvalue weighted by atomic mass is 10.1. The molecule has 4 nitrogen and oxygen atoms in total. The normalized spacial score (nSPS) is 16.0. The molecule has 0 N–H and O–H groups in total. The molecular weight excluding hydrogens is 307 g/mol. The Balaban J connectivity index is 1.94. The second-order valence-corrected chi connectivity index (χ2v) is 6.13. The molecule has 5 heteroatoms. The zero-order chi connectivity index (χ0) is 17.5. The van der Waals surface area contributed by atoms with Crippen molar-refractivity contribution in [1.82, 2.24) is 9.80 Å². The average Bonchev–Trinajstić information content (AvgIpc) is 2.80. The van der Waals surface area contributed by atoms with E-state index in [1.54, 1.807) is 17.0 Å². The van der Waals surface area contributed by atoms with Crippen LogP contribution >= 0.6 is 0 Å². The average molecular weight is 332 g/mol. The summed E-state index contributed by atoms with van der Waals surface area (Å²) in [6.45, 7) is 6.21. The summed E-state index contributed by atoms with van der Waals surface area (Å²) >= 11 is 0. The number of halogens is 1. The maximum absolute atomic E-state index is 13.2. The first kappa shape index (κ1) is 18.2. The van der Waals surface area contributed by atoms with Gasteiger partial charge in [-0.05, 0) is 37.5 Å². The Hall–Kier alpha value is -2.17. The fourth-order valence-electron chi connectivity index (χ4n) is 2.95. The Bertz CT molecular complexity index is 628. The Kier molecular flexibility index (Phi) is 6.53. The maximum atomic E-state index is 13.2. The van der Waals surface area contributed by atoms with Crippen molar-refractivity contribution >= 4 is 11.8 Å². The Morgan fingerprint density at radius 3 is 2.58 bits per heavy atom. The first-order valence-corrected chi connectivity index (χ1v) is 8.49. The van der Waals surface area contributed by atoms with Crippen molar-refractivity contribution in [3.05, 3.63) is 47.3 Å². The second kappa shape index (κ2) is 8.62. The number of carbonyl (C=O) groups excluding carboxylic acids is 2. The third-order valence-corrected chi connectivity index (χ3v) is 4.23. The van der Waals surface area contributed by atoms with Gasteiger partial charge < -0.3 is 9.80 Å². The van der Waals surface area contributed by atoms with E-state index >= 15 is 0 Å². The second-order valence-electron chi connectivity index (χ2n) is 6.13. The van der Waals surface area contributed by atoms with Gasteiger partial charge in [0.25, 0.3) is 0 Å². The summed E-state index contributed by atoms with van der Waals surface area (Å²) in [5, 5.41) is 0. The molecule has 1 aromatic carbocycles. The number of hydrogen-bond donors (Lipinski definition) is 0. The Morgan fingerprint density at radius 2 is 1.88 bits per heavy atom. The highest BCUT2D eigenvalue weighted by Gasteiger charge is 2.22. The third-order valence-electron chi connectivity index (χ3n) is 4.23. The number of allylic oxidation sites excluding steroid dienone is 1. The van der Waals surface area contributed by atoms with Crippen LogP contribution in [0.15, 0.2) is 35.9 Å². The van der Waals surface area contributed by atoms with Crippen molar-refractivity contribution < 1.29 is 14.0 Å². The number of carbonyl (C=O) groups is 2. The van der Waals surface area contributed by atoms with Gasteiger partial charge in [0.2, 0.25) is 11.8 Å². The van der Waals surface area contributed by atoms with E-state index in [-0.39, 0.29) is 24.1 Å². The molecule has 1 heterocycles. The number of nitrogens with zero attached hydrogens (tertiary/aromatic N) is 2. The van der Waals surface area contributed by atoms with Crippen LogP contribution in [0.25, 0.3) is 0 Å². The van der Waals surface area contributed by atoms with Crippen molar-refractivity contribution in [2.24, 2.45) is 0 Å². The van der Waals surface area contributed by atoms with Gasteiger partial charge in [-0.15, -0.1) is 0 Å². The van der Waals surface area contributed by atoms with E-state index < -0.39 is 0 Å². The summed E-state index contributed by atoms with van der Waals surface area (Å²) in [5.41, 5.74) is 1.44.